The lowest BCUT2D eigenvalue weighted by Gasteiger charge is -2.05. The maximum atomic E-state index is 11.9. The van der Waals surface area contributed by atoms with Gasteiger partial charge in [-0.2, -0.15) is 5.26 Å². The van der Waals surface area contributed by atoms with Crippen LogP contribution in [0, 0.1) is 11.3 Å². The number of hydrogen-bond acceptors (Lipinski definition) is 3. The Kier molecular flexibility index (Phi) is 4.78. The minimum atomic E-state index is -0.296. The van der Waals surface area contributed by atoms with Gasteiger partial charge in [-0.05, 0) is 43.0 Å². The smallest absolute Gasteiger partial charge is 0.262 e. The van der Waals surface area contributed by atoms with Gasteiger partial charge in [0.15, 0.2) is 0 Å². The van der Waals surface area contributed by atoms with Gasteiger partial charge in [0.05, 0.1) is 6.61 Å². The maximum absolute atomic E-state index is 11.9. The van der Waals surface area contributed by atoms with Crippen LogP contribution in [-0.4, -0.2) is 18.6 Å². The van der Waals surface area contributed by atoms with Crippen molar-refractivity contribution in [3.63, 3.8) is 0 Å². The largest absolute Gasteiger partial charge is 0.494 e. The number of rotatable bonds is 6. The summed E-state index contributed by atoms with van der Waals surface area (Å²) < 4.78 is 5.53. The van der Waals surface area contributed by atoms with E-state index in [9.17, 15) is 4.79 Å². The van der Waals surface area contributed by atoms with Crippen LogP contribution in [0.1, 0.15) is 31.7 Å². The molecule has 0 unspecified atom stereocenters. The third-order valence-electron chi connectivity index (χ3n) is 2.92. The molecule has 1 aliphatic carbocycles. The summed E-state index contributed by atoms with van der Waals surface area (Å²) in [6, 6.07) is 9.60. The Balaban J connectivity index is 2.10. The molecule has 1 amide bonds. The maximum Gasteiger partial charge on any atom is 0.262 e. The van der Waals surface area contributed by atoms with Crippen molar-refractivity contribution >= 4 is 12.0 Å². The number of nitrogens with one attached hydrogen (secondary N) is 1. The van der Waals surface area contributed by atoms with Gasteiger partial charge in [0.2, 0.25) is 0 Å². The molecule has 1 aromatic rings. The topological polar surface area (TPSA) is 62.1 Å². The predicted molar refractivity (Wildman–Crippen MR) is 77.0 cm³/mol. The average Bonchev–Trinajstić information content (AvgIpc) is 3.26. The third kappa shape index (κ3) is 4.13. The standard InChI is InChI=1S/C16H18N2O2/c1-2-8-20-15-5-3-4-12(10-15)9-13(11-17)16(19)18-14-6-7-14/h3-5,9-10,14H,2,6-8H2,1H3,(H,18,19)/b13-9+. The molecule has 0 radical (unpaired) electrons. The number of nitriles is 1. The van der Waals surface area contributed by atoms with Crippen LogP contribution >= 0.6 is 0 Å². The van der Waals surface area contributed by atoms with E-state index in [1.807, 2.05) is 37.3 Å². The molecule has 104 valence electrons. The van der Waals surface area contributed by atoms with Crippen molar-refractivity contribution in [2.45, 2.75) is 32.2 Å². The van der Waals surface area contributed by atoms with Crippen molar-refractivity contribution in [2.75, 3.05) is 6.61 Å². The normalized spacial score (nSPS) is 14.5. The SMILES string of the molecule is CCCOc1cccc(/C=C(\C#N)C(=O)NC2CC2)c1. The van der Waals surface area contributed by atoms with Gasteiger partial charge >= 0.3 is 0 Å². The Hall–Kier alpha value is -2.28. The Morgan fingerprint density at radius 2 is 2.35 bits per heavy atom. The summed E-state index contributed by atoms with van der Waals surface area (Å²) in [5.41, 5.74) is 0.922. The molecule has 0 atom stereocenters. The highest BCUT2D eigenvalue weighted by Gasteiger charge is 2.24. The average molecular weight is 270 g/mol. The van der Waals surface area contributed by atoms with Crippen LogP contribution in [0.25, 0.3) is 6.08 Å². The first-order valence-corrected chi connectivity index (χ1v) is 6.88. The molecular weight excluding hydrogens is 252 g/mol. The zero-order chi connectivity index (χ0) is 14.4. The van der Waals surface area contributed by atoms with E-state index in [4.69, 9.17) is 10.00 Å². The van der Waals surface area contributed by atoms with Crippen LogP contribution in [0.2, 0.25) is 0 Å². The number of hydrogen-bond donors (Lipinski definition) is 1. The zero-order valence-corrected chi connectivity index (χ0v) is 11.6. The molecule has 4 nitrogen and oxygen atoms in total. The minimum absolute atomic E-state index is 0.129. The third-order valence-corrected chi connectivity index (χ3v) is 2.92. The Morgan fingerprint density at radius 3 is 3.00 bits per heavy atom. The molecule has 0 aliphatic heterocycles. The number of benzene rings is 1. The summed E-state index contributed by atoms with van der Waals surface area (Å²) in [5, 5.41) is 11.9. The van der Waals surface area contributed by atoms with Crippen LogP contribution < -0.4 is 10.1 Å². The van der Waals surface area contributed by atoms with Gasteiger partial charge in [0.25, 0.3) is 5.91 Å². The summed E-state index contributed by atoms with van der Waals surface area (Å²) in [6.07, 6.45) is 4.54. The Bertz CT molecular complexity index is 554. The quantitative estimate of drug-likeness (QED) is 0.638. The molecule has 1 fully saturated rings. The summed E-state index contributed by atoms with van der Waals surface area (Å²) in [4.78, 5) is 11.9. The Morgan fingerprint density at radius 1 is 1.55 bits per heavy atom. The first-order chi connectivity index (χ1) is 9.72. The Labute approximate surface area is 119 Å². The van der Waals surface area contributed by atoms with E-state index in [2.05, 4.69) is 5.32 Å². The summed E-state index contributed by atoms with van der Waals surface area (Å²) >= 11 is 0. The molecule has 2 rings (SSSR count). The van der Waals surface area contributed by atoms with Crippen LogP contribution in [-0.2, 0) is 4.79 Å². The van der Waals surface area contributed by atoms with Crippen molar-refractivity contribution in [3.05, 3.63) is 35.4 Å². The van der Waals surface area contributed by atoms with Gasteiger partial charge in [0, 0.05) is 6.04 Å². The molecule has 0 bridgehead atoms. The first-order valence-electron chi connectivity index (χ1n) is 6.88. The molecular formula is C16H18N2O2. The number of nitrogens with zero attached hydrogens (tertiary/aromatic N) is 1. The molecule has 0 spiro atoms. The van der Waals surface area contributed by atoms with Gasteiger partial charge in [-0.1, -0.05) is 19.1 Å². The molecule has 0 saturated heterocycles. The fourth-order valence-corrected chi connectivity index (χ4v) is 1.72. The van der Waals surface area contributed by atoms with Crippen molar-refractivity contribution < 1.29 is 9.53 Å². The molecule has 1 saturated carbocycles. The van der Waals surface area contributed by atoms with Gasteiger partial charge < -0.3 is 10.1 Å². The number of ether oxygens (including phenoxy) is 1. The number of carbonyl (C=O) groups is 1. The highest BCUT2D eigenvalue weighted by molar-refractivity contribution is 6.01. The molecule has 1 aliphatic rings. The van der Waals surface area contributed by atoms with Crippen molar-refractivity contribution in [1.29, 1.82) is 5.26 Å². The van der Waals surface area contributed by atoms with Crippen LogP contribution in [0.4, 0.5) is 0 Å². The van der Waals surface area contributed by atoms with E-state index in [1.54, 1.807) is 6.08 Å². The van der Waals surface area contributed by atoms with Crippen molar-refractivity contribution in [1.82, 2.24) is 5.32 Å². The highest BCUT2D eigenvalue weighted by atomic mass is 16.5. The van der Waals surface area contributed by atoms with E-state index < -0.39 is 0 Å². The van der Waals surface area contributed by atoms with Crippen LogP contribution in [0.5, 0.6) is 5.75 Å². The lowest BCUT2D eigenvalue weighted by Crippen LogP contribution is -2.26. The minimum Gasteiger partial charge on any atom is -0.494 e. The summed E-state index contributed by atoms with van der Waals surface area (Å²) in [7, 11) is 0. The lowest BCUT2D eigenvalue weighted by atomic mass is 10.1. The van der Waals surface area contributed by atoms with E-state index in [0.29, 0.717) is 6.61 Å². The van der Waals surface area contributed by atoms with E-state index >= 15 is 0 Å². The van der Waals surface area contributed by atoms with E-state index in [1.165, 1.54) is 0 Å². The summed E-state index contributed by atoms with van der Waals surface area (Å²) in [6.45, 7) is 2.69. The highest BCUT2D eigenvalue weighted by Crippen LogP contribution is 2.20. The second-order valence-electron chi connectivity index (χ2n) is 4.84. The van der Waals surface area contributed by atoms with Crippen LogP contribution in [0.3, 0.4) is 0 Å². The fourth-order valence-electron chi connectivity index (χ4n) is 1.72. The summed E-state index contributed by atoms with van der Waals surface area (Å²) in [5.74, 6) is 0.454. The van der Waals surface area contributed by atoms with Gasteiger partial charge in [0.1, 0.15) is 17.4 Å². The fraction of sp³-hybridized carbons (Fsp3) is 0.375. The molecule has 0 aromatic heterocycles. The number of amides is 1. The lowest BCUT2D eigenvalue weighted by molar-refractivity contribution is -0.117. The first kappa shape index (κ1) is 14.1. The van der Waals surface area contributed by atoms with Gasteiger partial charge in [-0.3, -0.25) is 4.79 Å². The van der Waals surface area contributed by atoms with Gasteiger partial charge in [-0.15, -0.1) is 0 Å². The van der Waals surface area contributed by atoms with E-state index in [0.717, 1.165) is 30.6 Å². The van der Waals surface area contributed by atoms with E-state index in [-0.39, 0.29) is 17.5 Å². The molecule has 0 heterocycles. The molecule has 4 heteroatoms. The number of carbonyl (C=O) groups excluding carboxylic acids is 1. The molecule has 1 aromatic carbocycles. The zero-order valence-electron chi connectivity index (χ0n) is 11.6. The van der Waals surface area contributed by atoms with Crippen molar-refractivity contribution in [3.8, 4) is 11.8 Å². The predicted octanol–water partition coefficient (Wildman–Crippen LogP) is 2.66. The monoisotopic (exact) mass is 270 g/mol. The molecule has 20 heavy (non-hydrogen) atoms. The second kappa shape index (κ2) is 6.76. The van der Waals surface area contributed by atoms with Crippen molar-refractivity contribution in [2.24, 2.45) is 0 Å². The molecule has 1 N–H and O–H groups in total. The second-order valence-corrected chi connectivity index (χ2v) is 4.84. The van der Waals surface area contributed by atoms with Crippen LogP contribution in [0.15, 0.2) is 29.8 Å². The van der Waals surface area contributed by atoms with Gasteiger partial charge in [-0.25, -0.2) is 0 Å².